The van der Waals surface area contributed by atoms with Gasteiger partial charge in [-0.2, -0.15) is 9.29 Å². The minimum Gasteiger partial charge on any atom is -0.465 e. The molecule has 4 heterocycles. The second-order valence-electron chi connectivity index (χ2n) is 7.71. The Hall–Kier alpha value is -2.24. The lowest BCUT2D eigenvalue weighted by atomic mass is 10.1. The van der Waals surface area contributed by atoms with Crippen molar-refractivity contribution in [3.63, 3.8) is 0 Å². The third-order valence-corrected chi connectivity index (χ3v) is 8.61. The van der Waals surface area contributed by atoms with Gasteiger partial charge in [-0.3, -0.25) is 0 Å². The number of methoxy groups -OCH3 is 1. The minimum atomic E-state index is -3.77. The van der Waals surface area contributed by atoms with Gasteiger partial charge in [0.05, 0.1) is 7.11 Å². The van der Waals surface area contributed by atoms with Gasteiger partial charge in [-0.15, -0.1) is 11.3 Å². The molecule has 0 saturated carbocycles. The number of hydrogen-bond acceptors (Lipinski definition) is 9. The number of aromatic nitrogens is 2. The summed E-state index contributed by atoms with van der Waals surface area (Å²) in [5, 5.41) is 1.60. The van der Waals surface area contributed by atoms with E-state index in [2.05, 4.69) is 14.8 Å². The average Bonchev–Trinajstić information content (AvgIpc) is 3.30. The van der Waals surface area contributed by atoms with Crippen LogP contribution in [0, 0.1) is 6.92 Å². The van der Waals surface area contributed by atoms with Crippen LogP contribution in [-0.2, 0) is 14.8 Å². The normalized spacial score (nSPS) is 18.3. The van der Waals surface area contributed by atoms with E-state index in [0.29, 0.717) is 26.2 Å². The maximum Gasteiger partial charge on any atom is 0.349 e. The number of carbonyl (C=O) groups excluding carboxylic acids is 1. The fraction of sp³-hybridized carbons (Fsp3) is 0.550. The summed E-state index contributed by atoms with van der Waals surface area (Å²) in [6.45, 7) is 5.59. The SMILES string of the molecule is COC(=O)c1sccc1S(=O)(=O)N1CCN(c2cc(C)nc(N3CCCCC3)n2)CC1. The third kappa shape index (κ3) is 4.53. The Balaban J connectivity index is 1.48. The summed E-state index contributed by atoms with van der Waals surface area (Å²) in [6, 6.07) is 3.42. The molecule has 2 saturated heterocycles. The van der Waals surface area contributed by atoms with E-state index in [1.165, 1.54) is 23.9 Å². The summed E-state index contributed by atoms with van der Waals surface area (Å²) < 4.78 is 32.4. The number of aryl methyl sites for hydroxylation is 1. The molecule has 31 heavy (non-hydrogen) atoms. The van der Waals surface area contributed by atoms with Crippen molar-refractivity contribution in [3.8, 4) is 0 Å². The van der Waals surface area contributed by atoms with Gasteiger partial charge in [0.15, 0.2) is 0 Å². The zero-order chi connectivity index (χ0) is 22.0. The maximum absolute atomic E-state index is 13.1. The van der Waals surface area contributed by atoms with Crippen LogP contribution in [0.5, 0.6) is 0 Å². The summed E-state index contributed by atoms with van der Waals surface area (Å²) in [4.78, 5) is 25.8. The number of hydrogen-bond donors (Lipinski definition) is 0. The monoisotopic (exact) mass is 465 g/mol. The van der Waals surface area contributed by atoms with Crippen LogP contribution in [-0.4, -0.2) is 75.0 Å². The molecule has 2 aromatic heterocycles. The number of piperidine rings is 1. The Morgan fingerprint density at radius 3 is 2.42 bits per heavy atom. The summed E-state index contributed by atoms with van der Waals surface area (Å²) in [5.41, 5.74) is 0.904. The summed E-state index contributed by atoms with van der Waals surface area (Å²) in [6.07, 6.45) is 3.55. The molecule has 0 bridgehead atoms. The smallest absolute Gasteiger partial charge is 0.349 e. The van der Waals surface area contributed by atoms with Gasteiger partial charge in [-0.1, -0.05) is 0 Å². The van der Waals surface area contributed by atoms with Gasteiger partial charge in [-0.25, -0.2) is 18.2 Å². The van der Waals surface area contributed by atoms with Crippen molar-refractivity contribution in [3.05, 3.63) is 28.1 Å². The topological polar surface area (TPSA) is 95.9 Å². The minimum absolute atomic E-state index is 0.0167. The van der Waals surface area contributed by atoms with E-state index in [9.17, 15) is 13.2 Å². The molecule has 0 N–H and O–H groups in total. The van der Waals surface area contributed by atoms with Crippen molar-refractivity contribution in [2.45, 2.75) is 31.1 Å². The van der Waals surface area contributed by atoms with Gasteiger partial charge in [0.25, 0.3) is 0 Å². The predicted octanol–water partition coefficient (Wildman–Crippen LogP) is 2.13. The first-order chi connectivity index (χ1) is 14.9. The lowest BCUT2D eigenvalue weighted by Crippen LogP contribution is -2.49. The zero-order valence-corrected chi connectivity index (χ0v) is 19.4. The number of sulfonamides is 1. The highest BCUT2D eigenvalue weighted by atomic mass is 32.2. The van der Waals surface area contributed by atoms with Crippen LogP contribution in [0.4, 0.5) is 11.8 Å². The fourth-order valence-corrected chi connectivity index (χ4v) is 6.70. The Bertz CT molecular complexity index is 1040. The number of ether oxygens (including phenoxy) is 1. The highest BCUT2D eigenvalue weighted by molar-refractivity contribution is 7.89. The van der Waals surface area contributed by atoms with Crippen molar-refractivity contribution in [1.82, 2.24) is 14.3 Å². The second-order valence-corrected chi connectivity index (χ2v) is 10.5. The summed E-state index contributed by atoms with van der Waals surface area (Å²) in [7, 11) is -2.52. The van der Waals surface area contributed by atoms with E-state index in [4.69, 9.17) is 9.72 Å². The number of carbonyl (C=O) groups is 1. The van der Waals surface area contributed by atoms with Crippen LogP contribution in [0.2, 0.25) is 0 Å². The number of esters is 1. The van der Waals surface area contributed by atoms with Crippen molar-refractivity contribution < 1.29 is 17.9 Å². The summed E-state index contributed by atoms with van der Waals surface area (Å²) in [5.74, 6) is 0.954. The number of piperazine rings is 1. The van der Waals surface area contributed by atoms with Crippen LogP contribution >= 0.6 is 11.3 Å². The van der Waals surface area contributed by atoms with Crippen molar-refractivity contribution in [1.29, 1.82) is 0 Å². The molecule has 168 valence electrons. The molecule has 2 aliphatic rings. The lowest BCUT2D eigenvalue weighted by Gasteiger charge is -2.35. The molecule has 0 unspecified atom stereocenters. The molecular weight excluding hydrogens is 438 g/mol. The molecule has 0 amide bonds. The Kier molecular flexibility index (Phi) is 6.44. The number of anilines is 2. The van der Waals surface area contributed by atoms with Crippen LogP contribution in [0.3, 0.4) is 0 Å². The number of rotatable bonds is 5. The van der Waals surface area contributed by atoms with Crippen molar-refractivity contribution >= 4 is 39.1 Å². The quantitative estimate of drug-likeness (QED) is 0.620. The second kappa shape index (κ2) is 9.09. The molecule has 2 aliphatic heterocycles. The molecule has 2 aromatic rings. The molecule has 0 spiro atoms. The number of nitrogens with zero attached hydrogens (tertiary/aromatic N) is 5. The molecule has 4 rings (SSSR count). The van der Waals surface area contributed by atoms with Gasteiger partial charge in [0.1, 0.15) is 15.6 Å². The molecule has 2 fully saturated rings. The van der Waals surface area contributed by atoms with Gasteiger partial charge >= 0.3 is 5.97 Å². The highest BCUT2D eigenvalue weighted by Gasteiger charge is 2.33. The van der Waals surface area contributed by atoms with E-state index >= 15 is 0 Å². The predicted molar refractivity (Wildman–Crippen MR) is 119 cm³/mol. The van der Waals surface area contributed by atoms with Crippen LogP contribution in [0.1, 0.15) is 34.6 Å². The van der Waals surface area contributed by atoms with Gasteiger partial charge in [-0.05, 0) is 37.6 Å². The van der Waals surface area contributed by atoms with Gasteiger partial charge in [0.2, 0.25) is 16.0 Å². The standard InChI is InChI=1S/C20H27N5O4S2/c1-15-14-17(22-20(21-15)24-7-4-3-5-8-24)23-9-11-25(12-10-23)31(27,28)16-6-13-30-18(16)19(26)29-2/h6,13-14H,3-5,7-12H2,1-2H3. The Morgan fingerprint density at radius 2 is 1.74 bits per heavy atom. The maximum atomic E-state index is 13.1. The van der Waals surface area contributed by atoms with E-state index < -0.39 is 16.0 Å². The van der Waals surface area contributed by atoms with Gasteiger partial charge < -0.3 is 14.5 Å². The first-order valence-corrected chi connectivity index (χ1v) is 12.7. The van der Waals surface area contributed by atoms with E-state index in [-0.39, 0.29) is 9.77 Å². The largest absolute Gasteiger partial charge is 0.465 e. The molecule has 11 heteroatoms. The fourth-order valence-electron chi connectivity index (χ4n) is 3.97. The lowest BCUT2D eigenvalue weighted by molar-refractivity contribution is 0.0602. The van der Waals surface area contributed by atoms with Gasteiger partial charge in [0, 0.05) is 51.0 Å². The molecule has 0 atom stereocenters. The number of thiophene rings is 1. The average molecular weight is 466 g/mol. The molecule has 0 radical (unpaired) electrons. The zero-order valence-electron chi connectivity index (χ0n) is 17.8. The third-order valence-electron chi connectivity index (χ3n) is 5.65. The van der Waals surface area contributed by atoms with Crippen LogP contribution in [0.15, 0.2) is 22.4 Å². The highest BCUT2D eigenvalue weighted by Crippen LogP contribution is 2.28. The molecule has 0 aliphatic carbocycles. The Morgan fingerprint density at radius 1 is 1.03 bits per heavy atom. The first-order valence-electron chi connectivity index (χ1n) is 10.4. The Labute approximate surface area is 186 Å². The first kappa shape index (κ1) is 22.0. The van der Waals surface area contributed by atoms with Crippen LogP contribution in [0.25, 0.3) is 0 Å². The molecule has 0 aromatic carbocycles. The van der Waals surface area contributed by atoms with E-state index in [1.807, 2.05) is 13.0 Å². The van der Waals surface area contributed by atoms with E-state index in [0.717, 1.165) is 54.7 Å². The molecular formula is C20H27N5O4S2. The summed E-state index contributed by atoms with van der Waals surface area (Å²) >= 11 is 1.07. The molecule has 9 nitrogen and oxygen atoms in total. The van der Waals surface area contributed by atoms with Crippen molar-refractivity contribution in [2.75, 3.05) is 56.2 Å². The van der Waals surface area contributed by atoms with E-state index in [1.54, 1.807) is 5.38 Å². The van der Waals surface area contributed by atoms with Crippen molar-refractivity contribution in [2.24, 2.45) is 0 Å². The van der Waals surface area contributed by atoms with Crippen LogP contribution < -0.4 is 9.80 Å².